The van der Waals surface area contributed by atoms with Crippen molar-refractivity contribution >= 4 is 11.6 Å². The molecule has 5 heteroatoms. The lowest BCUT2D eigenvalue weighted by Gasteiger charge is -2.37. The molecule has 1 aromatic carbocycles. The van der Waals surface area contributed by atoms with Gasteiger partial charge in [0, 0.05) is 30.8 Å². The molecule has 3 aliphatic heterocycles. The van der Waals surface area contributed by atoms with E-state index in [0.29, 0.717) is 12.5 Å². The van der Waals surface area contributed by atoms with E-state index >= 15 is 0 Å². The summed E-state index contributed by atoms with van der Waals surface area (Å²) in [5, 5.41) is 0. The molecule has 27 heavy (non-hydrogen) atoms. The van der Waals surface area contributed by atoms with Crippen LogP contribution in [0.4, 0.5) is 5.69 Å². The minimum Gasteiger partial charge on any atom is -0.376 e. The summed E-state index contributed by atoms with van der Waals surface area (Å²) in [6.45, 7) is 7.38. The van der Waals surface area contributed by atoms with E-state index in [1.807, 2.05) is 11.8 Å². The van der Waals surface area contributed by atoms with E-state index in [0.717, 1.165) is 44.6 Å². The van der Waals surface area contributed by atoms with Gasteiger partial charge in [-0.3, -0.25) is 4.79 Å². The van der Waals surface area contributed by atoms with Crippen molar-refractivity contribution in [2.75, 3.05) is 38.3 Å². The van der Waals surface area contributed by atoms with Crippen LogP contribution in [0.3, 0.4) is 0 Å². The molecule has 1 aromatic rings. The third-order valence-corrected chi connectivity index (χ3v) is 6.34. The summed E-state index contributed by atoms with van der Waals surface area (Å²) in [7, 11) is 2.17. The zero-order chi connectivity index (χ0) is 19.0. The van der Waals surface area contributed by atoms with Gasteiger partial charge in [-0.1, -0.05) is 17.7 Å². The average Bonchev–Trinajstić information content (AvgIpc) is 2.99. The van der Waals surface area contributed by atoms with E-state index in [1.54, 1.807) is 0 Å². The molecule has 0 aliphatic carbocycles. The van der Waals surface area contributed by atoms with Crippen LogP contribution in [-0.4, -0.2) is 62.4 Å². The van der Waals surface area contributed by atoms with Crippen LogP contribution in [0, 0.1) is 6.92 Å². The molecule has 0 spiro atoms. The first-order chi connectivity index (χ1) is 13.0. The van der Waals surface area contributed by atoms with Crippen LogP contribution in [-0.2, 0) is 14.3 Å². The van der Waals surface area contributed by atoms with Crippen molar-refractivity contribution in [2.24, 2.45) is 0 Å². The predicted molar refractivity (Wildman–Crippen MR) is 106 cm³/mol. The number of benzene rings is 1. The molecule has 2 fully saturated rings. The van der Waals surface area contributed by atoms with Gasteiger partial charge in [0.25, 0.3) is 5.91 Å². The number of carbonyl (C=O) groups is 1. The second-order valence-corrected chi connectivity index (χ2v) is 8.46. The van der Waals surface area contributed by atoms with E-state index in [-0.39, 0.29) is 18.1 Å². The van der Waals surface area contributed by atoms with Gasteiger partial charge < -0.3 is 19.3 Å². The van der Waals surface area contributed by atoms with Crippen molar-refractivity contribution < 1.29 is 14.3 Å². The summed E-state index contributed by atoms with van der Waals surface area (Å²) >= 11 is 0. The third-order valence-electron chi connectivity index (χ3n) is 6.34. The van der Waals surface area contributed by atoms with Crippen LogP contribution in [0.2, 0.25) is 0 Å². The topological polar surface area (TPSA) is 42.0 Å². The van der Waals surface area contributed by atoms with Gasteiger partial charge in [0.05, 0.1) is 12.7 Å². The molecule has 0 radical (unpaired) electrons. The number of hydrogen-bond acceptors (Lipinski definition) is 4. The minimum atomic E-state index is -0.442. The Bertz CT molecular complexity index is 686. The summed E-state index contributed by atoms with van der Waals surface area (Å²) in [5.41, 5.74) is 3.66. The van der Waals surface area contributed by atoms with Crippen LogP contribution in [0.5, 0.6) is 0 Å². The number of rotatable bonds is 4. The fourth-order valence-electron chi connectivity index (χ4n) is 4.83. The number of aryl methyl sites for hydroxylation is 1. The number of ether oxygens (including phenoxy) is 2. The van der Waals surface area contributed by atoms with E-state index < -0.39 is 6.10 Å². The van der Waals surface area contributed by atoms with Gasteiger partial charge >= 0.3 is 0 Å². The van der Waals surface area contributed by atoms with Gasteiger partial charge in [0.2, 0.25) is 0 Å². The third kappa shape index (κ3) is 3.78. The van der Waals surface area contributed by atoms with Crippen LogP contribution < -0.4 is 4.90 Å². The number of likely N-dealkylation sites (tertiary alicyclic amines) is 1. The highest BCUT2D eigenvalue weighted by Crippen LogP contribution is 2.45. The Morgan fingerprint density at radius 3 is 2.96 bits per heavy atom. The van der Waals surface area contributed by atoms with Crippen molar-refractivity contribution in [3.63, 3.8) is 0 Å². The molecule has 148 valence electrons. The molecule has 3 aliphatic rings. The van der Waals surface area contributed by atoms with E-state index in [9.17, 15) is 4.79 Å². The Labute approximate surface area is 162 Å². The van der Waals surface area contributed by atoms with Gasteiger partial charge in [-0.25, -0.2) is 0 Å². The Balaban J connectivity index is 1.50. The van der Waals surface area contributed by atoms with Crippen LogP contribution in [0.1, 0.15) is 49.7 Å². The summed E-state index contributed by atoms with van der Waals surface area (Å²) in [6, 6.07) is 6.75. The second kappa shape index (κ2) is 7.90. The molecule has 0 saturated carbocycles. The quantitative estimate of drug-likeness (QED) is 0.814. The molecule has 2 saturated heterocycles. The molecule has 0 N–H and O–H groups in total. The standard InChI is InChI=1S/C22H32N2O3/c1-15-7-8-20-18(12-15)19-13-23(3)10-9-21(19)24(20)22(25)16(2)27-14-17-6-4-5-11-26-17/h7-8,12,16-17,19,21H,4-6,9-11,13-14H2,1-3H3. The first-order valence-corrected chi connectivity index (χ1v) is 10.4. The largest absolute Gasteiger partial charge is 0.376 e. The number of piperidine rings is 1. The first-order valence-electron chi connectivity index (χ1n) is 10.4. The molecule has 5 nitrogen and oxygen atoms in total. The van der Waals surface area contributed by atoms with Crippen molar-refractivity contribution in [3.05, 3.63) is 29.3 Å². The molecule has 4 rings (SSSR count). The minimum absolute atomic E-state index is 0.0907. The maximum Gasteiger partial charge on any atom is 0.256 e. The Morgan fingerprint density at radius 2 is 2.19 bits per heavy atom. The van der Waals surface area contributed by atoms with Crippen LogP contribution in [0.15, 0.2) is 18.2 Å². The number of anilines is 1. The lowest BCUT2D eigenvalue weighted by molar-refractivity contribution is -0.133. The number of hydrogen-bond donors (Lipinski definition) is 0. The molecule has 0 aromatic heterocycles. The van der Waals surface area contributed by atoms with Gasteiger partial charge in [-0.15, -0.1) is 0 Å². The lowest BCUT2D eigenvalue weighted by Crippen LogP contribution is -2.50. The van der Waals surface area contributed by atoms with Crippen molar-refractivity contribution in [2.45, 2.75) is 63.7 Å². The van der Waals surface area contributed by atoms with Crippen LogP contribution in [0.25, 0.3) is 0 Å². The zero-order valence-electron chi connectivity index (χ0n) is 16.8. The van der Waals surface area contributed by atoms with Crippen molar-refractivity contribution in [1.29, 1.82) is 0 Å². The maximum absolute atomic E-state index is 13.3. The molecular formula is C22H32N2O3. The SMILES string of the molecule is Cc1ccc2c(c1)C1CN(C)CCC1N2C(=O)C(C)OCC1CCCCO1. The highest BCUT2D eigenvalue weighted by atomic mass is 16.5. The van der Waals surface area contributed by atoms with Gasteiger partial charge in [0.15, 0.2) is 0 Å². The maximum atomic E-state index is 13.3. The number of carbonyl (C=O) groups excluding carboxylic acids is 1. The van der Waals surface area contributed by atoms with Crippen molar-refractivity contribution in [1.82, 2.24) is 4.90 Å². The highest BCUT2D eigenvalue weighted by molar-refractivity contribution is 5.99. The van der Waals surface area contributed by atoms with Crippen LogP contribution >= 0.6 is 0 Å². The van der Waals surface area contributed by atoms with E-state index in [4.69, 9.17) is 9.47 Å². The lowest BCUT2D eigenvalue weighted by atomic mass is 9.89. The normalized spacial score (nSPS) is 29.3. The number of nitrogens with zero attached hydrogens (tertiary/aromatic N) is 2. The number of fused-ring (bicyclic) bond motifs is 3. The zero-order valence-corrected chi connectivity index (χ0v) is 16.8. The summed E-state index contributed by atoms with van der Waals surface area (Å²) in [5.74, 6) is 0.490. The first kappa shape index (κ1) is 18.9. The number of amides is 1. The molecule has 1 amide bonds. The van der Waals surface area contributed by atoms with Gasteiger partial charge in [0.1, 0.15) is 6.10 Å². The Kier molecular flexibility index (Phi) is 5.53. The van der Waals surface area contributed by atoms with Crippen molar-refractivity contribution in [3.8, 4) is 0 Å². The fraction of sp³-hybridized carbons (Fsp3) is 0.682. The van der Waals surface area contributed by atoms with Gasteiger partial charge in [-0.2, -0.15) is 0 Å². The average molecular weight is 373 g/mol. The Hall–Kier alpha value is -1.43. The Morgan fingerprint density at radius 1 is 1.33 bits per heavy atom. The summed E-state index contributed by atoms with van der Waals surface area (Å²) < 4.78 is 11.7. The second-order valence-electron chi connectivity index (χ2n) is 8.46. The van der Waals surface area contributed by atoms with E-state index in [1.165, 1.54) is 17.5 Å². The highest BCUT2D eigenvalue weighted by Gasteiger charge is 2.45. The monoisotopic (exact) mass is 372 g/mol. The molecule has 4 unspecified atom stereocenters. The molecule has 4 atom stereocenters. The fourth-order valence-corrected chi connectivity index (χ4v) is 4.83. The van der Waals surface area contributed by atoms with Gasteiger partial charge in [-0.05, 0) is 64.8 Å². The molecular weight excluding hydrogens is 340 g/mol. The predicted octanol–water partition coefficient (Wildman–Crippen LogP) is 3.10. The molecule has 0 bridgehead atoms. The summed E-state index contributed by atoms with van der Waals surface area (Å²) in [6.07, 6.45) is 4.06. The number of likely N-dealkylation sites (N-methyl/N-ethyl adjacent to an activating group) is 1. The molecule has 3 heterocycles. The van der Waals surface area contributed by atoms with E-state index in [2.05, 4.69) is 37.1 Å². The summed E-state index contributed by atoms with van der Waals surface area (Å²) in [4.78, 5) is 17.8. The smallest absolute Gasteiger partial charge is 0.256 e.